The topological polar surface area (TPSA) is 78.9 Å². The van der Waals surface area contributed by atoms with Crippen LogP contribution < -0.4 is 0 Å². The first-order valence-corrected chi connectivity index (χ1v) is 25.8. The zero-order valence-corrected chi connectivity index (χ0v) is 41.9. The van der Waals surface area contributed by atoms with Gasteiger partial charge in [0.25, 0.3) is 0 Å². The van der Waals surface area contributed by atoms with Gasteiger partial charge in [0.2, 0.25) is 0 Å². The third kappa shape index (κ3) is 50.3. The van der Waals surface area contributed by atoms with Crippen molar-refractivity contribution in [1.82, 2.24) is 0 Å². The fraction of sp³-hybridized carbons (Fsp3) is 0.550. The number of hydrogen-bond donors (Lipinski definition) is 0. The van der Waals surface area contributed by atoms with Crippen molar-refractivity contribution in [2.24, 2.45) is 0 Å². The van der Waals surface area contributed by atoms with E-state index in [9.17, 15) is 14.4 Å². The summed E-state index contributed by atoms with van der Waals surface area (Å²) in [7, 11) is 0. The number of unbranched alkanes of at least 4 members (excludes halogenated alkanes) is 9. The van der Waals surface area contributed by atoms with E-state index in [1.165, 1.54) is 44.9 Å². The molecule has 0 rings (SSSR count). The molecule has 6 heteroatoms. The minimum atomic E-state index is -0.853. The number of allylic oxidation sites excluding steroid dienone is 24. The monoisotopic (exact) mass is 909 g/mol. The maximum Gasteiger partial charge on any atom is 0.306 e. The molecule has 1 atom stereocenters. The van der Waals surface area contributed by atoms with Crippen LogP contribution in [0.15, 0.2) is 146 Å². The number of hydrogen-bond acceptors (Lipinski definition) is 6. The normalized spacial score (nSPS) is 13.3. The third-order valence-corrected chi connectivity index (χ3v) is 10.1. The number of rotatable bonds is 44. The molecule has 0 aliphatic rings. The molecular weight excluding hydrogens is 817 g/mol. The summed E-state index contributed by atoms with van der Waals surface area (Å²) < 4.78 is 16.6. The summed E-state index contributed by atoms with van der Waals surface area (Å²) in [5.74, 6) is -1.12. The Kier molecular flexibility index (Phi) is 49.1. The zero-order valence-electron chi connectivity index (χ0n) is 41.9. The average molecular weight is 909 g/mol. The number of ether oxygens (including phenoxy) is 3. The van der Waals surface area contributed by atoms with Crippen LogP contribution in [0.4, 0.5) is 0 Å². The highest BCUT2D eigenvalue weighted by Gasteiger charge is 2.19. The van der Waals surface area contributed by atoms with Crippen molar-refractivity contribution in [3.8, 4) is 0 Å². The Balaban J connectivity index is 4.62. The predicted molar refractivity (Wildman–Crippen MR) is 283 cm³/mol. The molecule has 66 heavy (non-hydrogen) atoms. The predicted octanol–water partition coefficient (Wildman–Crippen LogP) is 17.3. The van der Waals surface area contributed by atoms with Crippen molar-refractivity contribution in [3.05, 3.63) is 146 Å². The molecule has 0 aliphatic carbocycles. The fourth-order valence-corrected chi connectivity index (χ4v) is 6.32. The van der Waals surface area contributed by atoms with Gasteiger partial charge in [-0.15, -0.1) is 0 Å². The second-order valence-electron chi connectivity index (χ2n) is 16.3. The molecule has 0 N–H and O–H groups in total. The van der Waals surface area contributed by atoms with Crippen LogP contribution in [0.3, 0.4) is 0 Å². The van der Waals surface area contributed by atoms with E-state index in [-0.39, 0.29) is 38.0 Å². The van der Waals surface area contributed by atoms with E-state index in [4.69, 9.17) is 14.2 Å². The Morgan fingerprint density at radius 2 is 0.591 bits per heavy atom. The van der Waals surface area contributed by atoms with Gasteiger partial charge in [-0.05, 0) is 96.3 Å². The third-order valence-electron chi connectivity index (χ3n) is 10.1. The van der Waals surface area contributed by atoms with E-state index in [2.05, 4.69) is 142 Å². The van der Waals surface area contributed by atoms with Crippen LogP contribution in [0, 0.1) is 0 Å². The second-order valence-corrected chi connectivity index (χ2v) is 16.3. The maximum absolute atomic E-state index is 12.8. The molecule has 0 heterocycles. The van der Waals surface area contributed by atoms with Crippen LogP contribution >= 0.6 is 0 Å². The average Bonchev–Trinajstić information content (AvgIpc) is 3.31. The van der Waals surface area contributed by atoms with E-state index in [1.807, 2.05) is 24.3 Å². The van der Waals surface area contributed by atoms with Gasteiger partial charge in [0.15, 0.2) is 6.10 Å². The van der Waals surface area contributed by atoms with Gasteiger partial charge in [0.05, 0.1) is 0 Å². The molecule has 6 nitrogen and oxygen atoms in total. The minimum absolute atomic E-state index is 0.136. The van der Waals surface area contributed by atoms with Gasteiger partial charge in [-0.3, -0.25) is 14.4 Å². The lowest BCUT2D eigenvalue weighted by atomic mass is 10.1. The quantitative estimate of drug-likeness (QED) is 0.0262. The Morgan fingerprint density at radius 3 is 0.924 bits per heavy atom. The summed E-state index contributed by atoms with van der Waals surface area (Å²) in [5.41, 5.74) is 0. The standard InChI is InChI=1S/C60H92O6/c1-4-7-10-13-16-19-22-24-26-28-30-32-34-36-38-41-44-47-50-53-59(62)65-56-57(55-64-58(61)52-49-46-43-40-21-18-15-12-9-6-3)66-60(63)54-51-48-45-42-39-37-35-33-31-29-27-25-23-20-17-14-11-8-5-2/h7-8,10-11,16-17,19-20,24-27,30-33,36-39,44-45,47-48,57H,4-6,9,12-15,18,21-23,28-29,34-35,40-43,46,49-56H2,1-3H3/b10-7-,11-8-,19-16-,20-17-,26-24-,27-25-,32-30-,33-31-,38-36-,39-37-,47-44-,48-45-. The molecule has 0 aromatic carbocycles. The number of esters is 3. The Bertz CT molecular complexity index is 1510. The second kappa shape index (κ2) is 52.9. The van der Waals surface area contributed by atoms with E-state index < -0.39 is 12.1 Å². The maximum atomic E-state index is 12.8. The van der Waals surface area contributed by atoms with Crippen molar-refractivity contribution in [2.75, 3.05) is 13.2 Å². The summed E-state index contributed by atoms with van der Waals surface area (Å²) in [6.07, 6.45) is 75.7. The van der Waals surface area contributed by atoms with Gasteiger partial charge in [0, 0.05) is 19.3 Å². The van der Waals surface area contributed by atoms with Crippen molar-refractivity contribution in [2.45, 2.75) is 200 Å². The number of carbonyl (C=O) groups excluding carboxylic acids is 3. The van der Waals surface area contributed by atoms with Crippen molar-refractivity contribution in [1.29, 1.82) is 0 Å². The van der Waals surface area contributed by atoms with Crippen LogP contribution in [0.5, 0.6) is 0 Å². The molecule has 0 bridgehead atoms. The van der Waals surface area contributed by atoms with E-state index >= 15 is 0 Å². The van der Waals surface area contributed by atoms with Crippen LogP contribution in [0.2, 0.25) is 0 Å². The van der Waals surface area contributed by atoms with Gasteiger partial charge < -0.3 is 14.2 Å². The molecule has 0 amide bonds. The van der Waals surface area contributed by atoms with Crippen molar-refractivity contribution >= 4 is 17.9 Å². The van der Waals surface area contributed by atoms with E-state index in [1.54, 1.807) is 0 Å². The lowest BCUT2D eigenvalue weighted by Crippen LogP contribution is -2.30. The molecular formula is C60H92O6. The first-order valence-electron chi connectivity index (χ1n) is 25.8. The lowest BCUT2D eigenvalue weighted by molar-refractivity contribution is -0.166. The lowest BCUT2D eigenvalue weighted by Gasteiger charge is -2.18. The van der Waals surface area contributed by atoms with Gasteiger partial charge >= 0.3 is 17.9 Å². The molecule has 1 unspecified atom stereocenters. The summed E-state index contributed by atoms with van der Waals surface area (Å²) in [5, 5.41) is 0. The Hall–Kier alpha value is -4.71. The summed E-state index contributed by atoms with van der Waals surface area (Å²) in [6, 6.07) is 0. The molecule has 0 spiro atoms. The SMILES string of the molecule is CC/C=C\C/C=C\C/C=C\C/C=C\C/C=C\C/C=C\CCC(=O)OCC(COC(=O)CCCCCCCCCCCC)OC(=O)CC/C=C\C/C=C\C/C=C\C/C=C\C/C=C\C/C=C\CC. The minimum Gasteiger partial charge on any atom is -0.462 e. The highest BCUT2D eigenvalue weighted by atomic mass is 16.6. The van der Waals surface area contributed by atoms with Crippen LogP contribution in [0.1, 0.15) is 194 Å². The summed E-state index contributed by atoms with van der Waals surface area (Å²) in [6.45, 7) is 6.24. The fourth-order valence-electron chi connectivity index (χ4n) is 6.32. The van der Waals surface area contributed by atoms with Crippen molar-refractivity contribution < 1.29 is 28.6 Å². The molecule has 0 radical (unpaired) electrons. The van der Waals surface area contributed by atoms with Gasteiger partial charge in [0.1, 0.15) is 13.2 Å². The number of carbonyl (C=O) groups is 3. The van der Waals surface area contributed by atoms with Crippen LogP contribution in [0.25, 0.3) is 0 Å². The highest BCUT2D eigenvalue weighted by molar-refractivity contribution is 5.71. The first-order chi connectivity index (χ1) is 32.5. The summed E-state index contributed by atoms with van der Waals surface area (Å²) in [4.78, 5) is 37.9. The van der Waals surface area contributed by atoms with Crippen molar-refractivity contribution in [3.63, 3.8) is 0 Å². The molecule has 0 aromatic rings. The van der Waals surface area contributed by atoms with Gasteiger partial charge in [-0.1, -0.05) is 224 Å². The summed E-state index contributed by atoms with van der Waals surface area (Å²) >= 11 is 0. The smallest absolute Gasteiger partial charge is 0.306 e. The highest BCUT2D eigenvalue weighted by Crippen LogP contribution is 2.12. The molecule has 0 saturated heterocycles. The molecule has 0 aromatic heterocycles. The van der Waals surface area contributed by atoms with E-state index in [0.717, 1.165) is 96.3 Å². The Labute approximate surface area is 404 Å². The van der Waals surface area contributed by atoms with Crippen LogP contribution in [-0.4, -0.2) is 37.2 Å². The largest absolute Gasteiger partial charge is 0.462 e. The zero-order chi connectivity index (χ0) is 47.9. The first kappa shape index (κ1) is 61.3. The molecule has 0 fully saturated rings. The van der Waals surface area contributed by atoms with Gasteiger partial charge in [-0.2, -0.15) is 0 Å². The molecule has 368 valence electrons. The van der Waals surface area contributed by atoms with E-state index in [0.29, 0.717) is 19.3 Å². The molecule has 0 saturated carbocycles. The van der Waals surface area contributed by atoms with Crippen LogP contribution in [-0.2, 0) is 28.6 Å². The van der Waals surface area contributed by atoms with Gasteiger partial charge in [-0.25, -0.2) is 0 Å². The molecule has 0 aliphatic heterocycles. The Morgan fingerprint density at radius 1 is 0.318 bits per heavy atom.